The van der Waals surface area contributed by atoms with E-state index >= 15 is 0 Å². The molecule has 6 heteroatoms. The maximum absolute atomic E-state index is 12.2. The summed E-state index contributed by atoms with van der Waals surface area (Å²) < 4.78 is 10.7. The summed E-state index contributed by atoms with van der Waals surface area (Å²) in [6, 6.07) is 12.6. The molecule has 2 aromatic carbocycles. The van der Waals surface area contributed by atoms with Crippen LogP contribution >= 0.6 is 0 Å². The van der Waals surface area contributed by atoms with E-state index < -0.39 is 0 Å². The van der Waals surface area contributed by atoms with E-state index in [0.717, 1.165) is 50.3 Å². The highest BCUT2D eigenvalue weighted by Gasteiger charge is 2.21. The maximum atomic E-state index is 12.2. The minimum absolute atomic E-state index is 0.0161. The number of nitrogens with one attached hydrogen (secondary N) is 1. The Labute approximate surface area is 172 Å². The topological polar surface area (TPSA) is 71.0 Å². The van der Waals surface area contributed by atoms with Crippen molar-refractivity contribution in [1.82, 2.24) is 4.90 Å². The van der Waals surface area contributed by atoms with E-state index in [0.29, 0.717) is 18.2 Å². The number of nitrogens with zero attached hydrogens (tertiary/aromatic N) is 1. The van der Waals surface area contributed by atoms with Gasteiger partial charge in [0.1, 0.15) is 17.2 Å². The molecule has 0 unspecified atom stereocenters. The van der Waals surface area contributed by atoms with Crippen LogP contribution in [-0.4, -0.2) is 49.8 Å². The summed E-state index contributed by atoms with van der Waals surface area (Å²) in [5.74, 6) is 2.50. The predicted octanol–water partition coefficient (Wildman–Crippen LogP) is 3.69. The Hall–Kier alpha value is -2.73. The number of rotatable bonds is 8. The smallest absolute Gasteiger partial charge is 0.238 e. The molecule has 6 nitrogen and oxygen atoms in total. The zero-order valence-electron chi connectivity index (χ0n) is 17.2. The number of aryl methyl sites for hydroxylation is 1. The molecule has 0 aromatic heterocycles. The maximum Gasteiger partial charge on any atom is 0.238 e. The number of piperidine rings is 1. The minimum atomic E-state index is -0.0161. The van der Waals surface area contributed by atoms with Crippen molar-refractivity contribution in [2.24, 2.45) is 5.92 Å². The third kappa shape index (κ3) is 6.39. The summed E-state index contributed by atoms with van der Waals surface area (Å²) >= 11 is 0. The number of hydrogen-bond donors (Lipinski definition) is 2. The van der Waals surface area contributed by atoms with Crippen LogP contribution in [0.5, 0.6) is 17.2 Å². The predicted molar refractivity (Wildman–Crippen MR) is 114 cm³/mol. The molecule has 0 atom stereocenters. The van der Waals surface area contributed by atoms with Gasteiger partial charge in [-0.1, -0.05) is 0 Å². The van der Waals surface area contributed by atoms with Crippen molar-refractivity contribution >= 4 is 11.6 Å². The van der Waals surface area contributed by atoms with E-state index in [4.69, 9.17) is 9.47 Å². The largest absolute Gasteiger partial charge is 0.508 e. The van der Waals surface area contributed by atoms with Crippen LogP contribution in [0.25, 0.3) is 0 Å². The van der Waals surface area contributed by atoms with Gasteiger partial charge in [0.15, 0.2) is 0 Å². The quantitative estimate of drug-likeness (QED) is 0.664. The highest BCUT2D eigenvalue weighted by atomic mass is 16.5. The third-order valence-corrected chi connectivity index (χ3v) is 5.48. The molecule has 1 aliphatic heterocycles. The average Bonchev–Trinajstić information content (AvgIpc) is 2.74. The molecular weight excluding hydrogens is 368 g/mol. The number of phenols is 1. The van der Waals surface area contributed by atoms with Crippen molar-refractivity contribution in [3.63, 3.8) is 0 Å². The van der Waals surface area contributed by atoms with Gasteiger partial charge in [0.2, 0.25) is 5.91 Å². The first-order valence-electron chi connectivity index (χ1n) is 10.1. The number of anilines is 1. The van der Waals surface area contributed by atoms with Crippen molar-refractivity contribution in [1.29, 1.82) is 0 Å². The van der Waals surface area contributed by atoms with E-state index in [1.165, 1.54) is 5.56 Å². The van der Waals surface area contributed by atoms with Crippen LogP contribution < -0.4 is 14.8 Å². The third-order valence-electron chi connectivity index (χ3n) is 5.48. The number of carbonyl (C=O) groups is 1. The lowest BCUT2D eigenvalue weighted by Crippen LogP contribution is -2.39. The first kappa shape index (κ1) is 21.0. The number of amides is 1. The number of aromatic hydroxyl groups is 1. The molecule has 2 N–H and O–H groups in total. The first-order valence-corrected chi connectivity index (χ1v) is 10.1. The fraction of sp³-hybridized carbons (Fsp3) is 0.435. The SMILES string of the molecule is COc1cc(CCC2CCN(CC(=O)Nc3ccc(O)cc3)CC2)cc(OC)c1. The van der Waals surface area contributed by atoms with E-state index in [2.05, 4.69) is 22.3 Å². The second kappa shape index (κ2) is 10.2. The second-order valence-corrected chi connectivity index (χ2v) is 7.57. The number of carbonyl (C=O) groups excluding carboxylic acids is 1. The zero-order chi connectivity index (χ0) is 20.6. The molecule has 3 rings (SSSR count). The monoisotopic (exact) mass is 398 g/mol. The van der Waals surface area contributed by atoms with Crippen LogP contribution in [0.2, 0.25) is 0 Å². The molecule has 1 fully saturated rings. The molecule has 0 radical (unpaired) electrons. The van der Waals surface area contributed by atoms with Gasteiger partial charge in [-0.05, 0) is 86.7 Å². The summed E-state index contributed by atoms with van der Waals surface area (Å²) in [6.07, 6.45) is 4.34. The number of phenolic OH excluding ortho intramolecular Hbond substituents is 1. The van der Waals surface area contributed by atoms with Gasteiger partial charge in [-0.2, -0.15) is 0 Å². The number of ether oxygens (including phenoxy) is 2. The summed E-state index contributed by atoms with van der Waals surface area (Å²) in [6.45, 7) is 2.28. The highest BCUT2D eigenvalue weighted by molar-refractivity contribution is 5.92. The van der Waals surface area contributed by atoms with Gasteiger partial charge >= 0.3 is 0 Å². The van der Waals surface area contributed by atoms with Gasteiger partial charge in [0.25, 0.3) is 0 Å². The summed E-state index contributed by atoms with van der Waals surface area (Å²) in [5.41, 5.74) is 1.94. The van der Waals surface area contributed by atoms with Crippen LogP contribution in [0.4, 0.5) is 5.69 Å². The average molecular weight is 399 g/mol. The van der Waals surface area contributed by atoms with Gasteiger partial charge < -0.3 is 19.9 Å². The Morgan fingerprint density at radius 1 is 1.07 bits per heavy atom. The Balaban J connectivity index is 1.41. The fourth-order valence-electron chi connectivity index (χ4n) is 3.76. The molecule has 0 bridgehead atoms. The molecule has 1 aliphatic rings. The van der Waals surface area contributed by atoms with Gasteiger partial charge in [0.05, 0.1) is 20.8 Å². The van der Waals surface area contributed by atoms with Gasteiger partial charge in [-0.25, -0.2) is 0 Å². The van der Waals surface area contributed by atoms with E-state index in [-0.39, 0.29) is 11.7 Å². The molecule has 0 spiro atoms. The molecule has 156 valence electrons. The Bertz CT molecular complexity index is 777. The number of hydrogen-bond acceptors (Lipinski definition) is 5. The zero-order valence-corrected chi connectivity index (χ0v) is 17.2. The molecule has 1 saturated heterocycles. The van der Waals surface area contributed by atoms with E-state index in [1.807, 2.05) is 6.07 Å². The fourth-order valence-corrected chi connectivity index (χ4v) is 3.76. The summed E-state index contributed by atoms with van der Waals surface area (Å²) in [5, 5.41) is 12.2. The van der Waals surface area contributed by atoms with Crippen LogP contribution in [0.15, 0.2) is 42.5 Å². The van der Waals surface area contributed by atoms with Crippen molar-refractivity contribution in [3.8, 4) is 17.2 Å². The molecule has 29 heavy (non-hydrogen) atoms. The Morgan fingerprint density at radius 2 is 1.69 bits per heavy atom. The Kier molecular flexibility index (Phi) is 7.36. The Morgan fingerprint density at radius 3 is 2.28 bits per heavy atom. The lowest BCUT2D eigenvalue weighted by molar-refractivity contribution is -0.117. The summed E-state index contributed by atoms with van der Waals surface area (Å²) in [7, 11) is 3.35. The first-order chi connectivity index (χ1) is 14.1. The van der Waals surface area contributed by atoms with Crippen LogP contribution in [0, 0.1) is 5.92 Å². The van der Waals surface area contributed by atoms with Crippen LogP contribution in [0.3, 0.4) is 0 Å². The molecule has 0 aliphatic carbocycles. The molecule has 1 heterocycles. The normalized spacial score (nSPS) is 15.1. The second-order valence-electron chi connectivity index (χ2n) is 7.57. The number of methoxy groups -OCH3 is 2. The number of benzene rings is 2. The lowest BCUT2D eigenvalue weighted by atomic mass is 9.90. The van der Waals surface area contributed by atoms with Crippen LogP contribution in [0.1, 0.15) is 24.8 Å². The van der Waals surface area contributed by atoms with Crippen molar-refractivity contribution < 1.29 is 19.4 Å². The van der Waals surface area contributed by atoms with Crippen molar-refractivity contribution in [2.45, 2.75) is 25.7 Å². The van der Waals surface area contributed by atoms with Crippen molar-refractivity contribution in [2.75, 3.05) is 39.2 Å². The van der Waals surface area contributed by atoms with Gasteiger partial charge in [-0.15, -0.1) is 0 Å². The standard InChI is InChI=1S/C23H30N2O4/c1-28-21-13-18(14-22(15-21)29-2)4-3-17-9-11-25(12-10-17)16-23(27)24-19-5-7-20(26)8-6-19/h5-8,13-15,17,26H,3-4,9-12,16H2,1-2H3,(H,24,27). The molecule has 0 saturated carbocycles. The molecule has 1 amide bonds. The van der Waals surface area contributed by atoms with Crippen LogP contribution in [-0.2, 0) is 11.2 Å². The van der Waals surface area contributed by atoms with E-state index in [9.17, 15) is 9.90 Å². The van der Waals surface area contributed by atoms with Gasteiger partial charge in [0, 0.05) is 11.8 Å². The lowest BCUT2D eigenvalue weighted by Gasteiger charge is -2.31. The minimum Gasteiger partial charge on any atom is -0.508 e. The van der Waals surface area contributed by atoms with Crippen molar-refractivity contribution in [3.05, 3.63) is 48.0 Å². The van der Waals surface area contributed by atoms with Gasteiger partial charge in [-0.3, -0.25) is 9.69 Å². The molecular formula is C23H30N2O4. The molecule has 2 aromatic rings. The van der Waals surface area contributed by atoms with E-state index in [1.54, 1.807) is 38.5 Å². The highest BCUT2D eigenvalue weighted by Crippen LogP contribution is 2.27. The number of likely N-dealkylation sites (tertiary alicyclic amines) is 1. The summed E-state index contributed by atoms with van der Waals surface area (Å²) in [4.78, 5) is 14.4.